The molecule has 0 aliphatic rings. The highest BCUT2D eigenvalue weighted by molar-refractivity contribution is 5.57. The standard InChI is InChI=1S/C12H16N2O/c1-2-11(7-8-15)14-12-6-4-3-5-10(12)9-13/h3-6,11,14-15H,2,7-8H2,1H3. The first kappa shape index (κ1) is 11.5. The molecule has 80 valence electrons. The van der Waals surface area contributed by atoms with E-state index in [9.17, 15) is 0 Å². The molecule has 0 radical (unpaired) electrons. The summed E-state index contributed by atoms with van der Waals surface area (Å²) in [7, 11) is 0. The van der Waals surface area contributed by atoms with Crippen LogP contribution in [-0.2, 0) is 0 Å². The van der Waals surface area contributed by atoms with Crippen LogP contribution in [0.5, 0.6) is 0 Å². The molecule has 15 heavy (non-hydrogen) atoms. The third-order valence-electron chi connectivity index (χ3n) is 2.38. The molecule has 3 nitrogen and oxygen atoms in total. The summed E-state index contributed by atoms with van der Waals surface area (Å²) in [5.74, 6) is 0. The van der Waals surface area contributed by atoms with E-state index < -0.39 is 0 Å². The minimum Gasteiger partial charge on any atom is -0.396 e. The van der Waals surface area contributed by atoms with Crippen LogP contribution in [0, 0.1) is 11.3 Å². The molecule has 3 heteroatoms. The summed E-state index contributed by atoms with van der Waals surface area (Å²) < 4.78 is 0. The highest BCUT2D eigenvalue weighted by atomic mass is 16.3. The maximum absolute atomic E-state index is 8.89. The third kappa shape index (κ3) is 3.26. The van der Waals surface area contributed by atoms with Crippen molar-refractivity contribution < 1.29 is 5.11 Å². The molecule has 0 fully saturated rings. The lowest BCUT2D eigenvalue weighted by molar-refractivity contribution is 0.278. The van der Waals surface area contributed by atoms with Gasteiger partial charge < -0.3 is 10.4 Å². The summed E-state index contributed by atoms with van der Waals surface area (Å²) in [6.45, 7) is 2.22. The molecule has 0 saturated carbocycles. The molecule has 1 aromatic carbocycles. The number of rotatable bonds is 5. The molecule has 0 heterocycles. The molecule has 1 rings (SSSR count). The minimum atomic E-state index is 0.167. The Bertz CT molecular complexity index is 344. The highest BCUT2D eigenvalue weighted by Gasteiger charge is 2.07. The average Bonchev–Trinajstić information content (AvgIpc) is 2.29. The van der Waals surface area contributed by atoms with Gasteiger partial charge in [0.05, 0.1) is 11.3 Å². The maximum atomic E-state index is 8.89. The molecule has 0 aromatic heterocycles. The smallest absolute Gasteiger partial charge is 0.101 e. The predicted octanol–water partition coefficient (Wildman–Crippen LogP) is 2.13. The lowest BCUT2D eigenvalue weighted by Gasteiger charge is -2.17. The lowest BCUT2D eigenvalue weighted by Crippen LogP contribution is -2.20. The van der Waals surface area contributed by atoms with E-state index in [2.05, 4.69) is 18.3 Å². The fourth-order valence-corrected chi connectivity index (χ4v) is 1.46. The number of anilines is 1. The van der Waals surface area contributed by atoms with Gasteiger partial charge in [0.1, 0.15) is 6.07 Å². The second-order valence-electron chi connectivity index (χ2n) is 3.42. The van der Waals surface area contributed by atoms with Crippen molar-refractivity contribution in [2.24, 2.45) is 0 Å². The molecule has 2 N–H and O–H groups in total. The zero-order valence-electron chi connectivity index (χ0n) is 8.90. The van der Waals surface area contributed by atoms with Crippen molar-refractivity contribution in [3.8, 4) is 6.07 Å². The van der Waals surface area contributed by atoms with Gasteiger partial charge in [0.15, 0.2) is 0 Å². The second kappa shape index (κ2) is 6.05. The number of aliphatic hydroxyl groups is 1. The Morgan fingerprint density at radius 1 is 1.47 bits per heavy atom. The molecular weight excluding hydrogens is 188 g/mol. The van der Waals surface area contributed by atoms with Gasteiger partial charge in [-0.15, -0.1) is 0 Å². The SMILES string of the molecule is CCC(CCO)Nc1ccccc1C#N. The Balaban J connectivity index is 2.74. The maximum Gasteiger partial charge on any atom is 0.101 e. The molecule has 1 unspecified atom stereocenters. The Morgan fingerprint density at radius 2 is 2.20 bits per heavy atom. The van der Waals surface area contributed by atoms with Crippen molar-refractivity contribution in [2.75, 3.05) is 11.9 Å². The lowest BCUT2D eigenvalue weighted by atomic mass is 10.1. The van der Waals surface area contributed by atoms with Crippen LogP contribution in [-0.4, -0.2) is 17.8 Å². The molecule has 1 aromatic rings. The molecule has 0 bridgehead atoms. The van der Waals surface area contributed by atoms with Crippen molar-refractivity contribution in [3.05, 3.63) is 29.8 Å². The Hall–Kier alpha value is -1.53. The van der Waals surface area contributed by atoms with Crippen molar-refractivity contribution in [1.82, 2.24) is 0 Å². The summed E-state index contributed by atoms with van der Waals surface area (Å²) in [5.41, 5.74) is 1.49. The first-order valence-corrected chi connectivity index (χ1v) is 5.18. The average molecular weight is 204 g/mol. The van der Waals surface area contributed by atoms with Gasteiger partial charge >= 0.3 is 0 Å². The Morgan fingerprint density at radius 3 is 2.80 bits per heavy atom. The molecular formula is C12H16N2O. The number of nitrogens with one attached hydrogen (secondary N) is 1. The number of para-hydroxylation sites is 1. The minimum absolute atomic E-state index is 0.167. The summed E-state index contributed by atoms with van der Waals surface area (Å²) in [6, 6.07) is 9.78. The van der Waals surface area contributed by atoms with Crippen LogP contribution >= 0.6 is 0 Å². The molecule has 0 saturated heterocycles. The van der Waals surface area contributed by atoms with Crippen LogP contribution in [0.4, 0.5) is 5.69 Å². The molecule has 0 aliphatic heterocycles. The van der Waals surface area contributed by atoms with Crippen LogP contribution < -0.4 is 5.32 Å². The fourth-order valence-electron chi connectivity index (χ4n) is 1.46. The second-order valence-corrected chi connectivity index (χ2v) is 3.42. The van der Waals surface area contributed by atoms with Crippen molar-refractivity contribution >= 4 is 5.69 Å². The van der Waals surface area contributed by atoms with Gasteiger partial charge in [-0.25, -0.2) is 0 Å². The van der Waals surface area contributed by atoms with E-state index in [-0.39, 0.29) is 12.6 Å². The number of nitrogens with zero attached hydrogens (tertiary/aromatic N) is 1. The van der Waals surface area contributed by atoms with Gasteiger partial charge in [-0.1, -0.05) is 19.1 Å². The van der Waals surface area contributed by atoms with Crippen LogP contribution in [0.15, 0.2) is 24.3 Å². The van der Waals surface area contributed by atoms with Crippen molar-refractivity contribution in [2.45, 2.75) is 25.8 Å². The van der Waals surface area contributed by atoms with Crippen LogP contribution in [0.25, 0.3) is 0 Å². The van der Waals surface area contributed by atoms with Crippen LogP contribution in [0.3, 0.4) is 0 Å². The zero-order valence-corrected chi connectivity index (χ0v) is 8.90. The van der Waals surface area contributed by atoms with Crippen molar-refractivity contribution in [3.63, 3.8) is 0 Å². The summed E-state index contributed by atoms with van der Waals surface area (Å²) in [5, 5.41) is 21.0. The van der Waals surface area contributed by atoms with Gasteiger partial charge in [0, 0.05) is 12.6 Å². The fraction of sp³-hybridized carbons (Fsp3) is 0.417. The number of hydrogen-bond acceptors (Lipinski definition) is 3. The van der Waals surface area contributed by atoms with Gasteiger partial charge in [-0.3, -0.25) is 0 Å². The van der Waals surface area contributed by atoms with E-state index in [0.717, 1.165) is 12.1 Å². The highest BCUT2D eigenvalue weighted by Crippen LogP contribution is 2.16. The van der Waals surface area contributed by atoms with Crippen LogP contribution in [0.2, 0.25) is 0 Å². The number of aliphatic hydroxyl groups excluding tert-OH is 1. The molecule has 0 spiro atoms. The first-order chi connectivity index (χ1) is 7.31. The summed E-state index contributed by atoms with van der Waals surface area (Å²) in [4.78, 5) is 0. The Labute approximate surface area is 90.4 Å². The molecule has 0 amide bonds. The van der Waals surface area contributed by atoms with Gasteiger partial charge in [0.2, 0.25) is 0 Å². The Kier molecular flexibility index (Phi) is 4.65. The quantitative estimate of drug-likeness (QED) is 0.772. The topological polar surface area (TPSA) is 56.0 Å². The molecule has 0 aliphatic carbocycles. The number of benzene rings is 1. The third-order valence-corrected chi connectivity index (χ3v) is 2.38. The van der Waals surface area contributed by atoms with E-state index in [1.165, 1.54) is 0 Å². The largest absolute Gasteiger partial charge is 0.396 e. The number of hydrogen-bond donors (Lipinski definition) is 2. The van der Waals surface area contributed by atoms with Crippen LogP contribution in [0.1, 0.15) is 25.3 Å². The van der Waals surface area contributed by atoms with E-state index in [1.54, 1.807) is 6.07 Å². The van der Waals surface area contributed by atoms with Gasteiger partial charge in [-0.2, -0.15) is 5.26 Å². The van der Waals surface area contributed by atoms with E-state index in [0.29, 0.717) is 12.0 Å². The molecule has 1 atom stereocenters. The van der Waals surface area contributed by atoms with Crippen molar-refractivity contribution in [1.29, 1.82) is 5.26 Å². The van der Waals surface area contributed by atoms with Gasteiger partial charge in [-0.05, 0) is 25.0 Å². The normalized spacial score (nSPS) is 11.8. The van der Waals surface area contributed by atoms with E-state index in [4.69, 9.17) is 10.4 Å². The summed E-state index contributed by atoms with van der Waals surface area (Å²) in [6.07, 6.45) is 1.64. The predicted molar refractivity (Wildman–Crippen MR) is 60.6 cm³/mol. The van der Waals surface area contributed by atoms with E-state index in [1.807, 2.05) is 18.2 Å². The van der Waals surface area contributed by atoms with Gasteiger partial charge in [0.25, 0.3) is 0 Å². The number of nitriles is 1. The summed E-state index contributed by atoms with van der Waals surface area (Å²) >= 11 is 0. The van der Waals surface area contributed by atoms with E-state index >= 15 is 0 Å². The zero-order chi connectivity index (χ0) is 11.1. The monoisotopic (exact) mass is 204 g/mol. The first-order valence-electron chi connectivity index (χ1n) is 5.18.